The lowest BCUT2D eigenvalue weighted by molar-refractivity contribution is -0.131. The van der Waals surface area contributed by atoms with Gasteiger partial charge >= 0.3 is 0 Å². The molecule has 0 aliphatic heterocycles. The van der Waals surface area contributed by atoms with E-state index in [4.69, 9.17) is 32.0 Å². The van der Waals surface area contributed by atoms with Crippen LogP contribution in [-0.4, -0.2) is 58.1 Å². The van der Waals surface area contributed by atoms with E-state index >= 15 is 0 Å². The molecule has 1 unspecified atom stereocenters. The quantitative estimate of drug-likeness (QED) is 0.232. The largest absolute Gasteiger partial charge is 0.474 e. The predicted octanol–water partition coefficient (Wildman–Crippen LogP) is 0.538. The highest BCUT2D eigenvalue weighted by atomic mass is 35.5. The molecule has 0 aliphatic rings. The molecule has 1 aromatic carbocycles. The summed E-state index contributed by atoms with van der Waals surface area (Å²) in [6, 6.07) is 3.86. The number of anilines is 1. The molecule has 0 aliphatic carbocycles. The summed E-state index contributed by atoms with van der Waals surface area (Å²) in [6.45, 7) is -0.350. The average Bonchev–Trinajstić information content (AvgIpc) is 3.12. The fraction of sp³-hybridized carbons (Fsp3) is 0.333. The summed E-state index contributed by atoms with van der Waals surface area (Å²) in [7, 11) is 0. The molecule has 1 amide bonds. The SMILES string of the molecule is N=C(Nc1ccc(F)c(Cl)c1)c1nonc1OCCCNC(=O)C(O)CO. The molecular formula is C15H17ClFN5O5. The van der Waals surface area contributed by atoms with Crippen LogP contribution in [0.1, 0.15) is 12.1 Å². The van der Waals surface area contributed by atoms with Gasteiger partial charge in [-0.2, -0.15) is 0 Å². The Kier molecular flexibility index (Phi) is 7.46. The number of nitrogens with zero attached hydrogens (tertiary/aromatic N) is 2. The van der Waals surface area contributed by atoms with Crippen LogP contribution < -0.4 is 15.4 Å². The van der Waals surface area contributed by atoms with Gasteiger partial charge in [0.1, 0.15) is 5.82 Å². The fourth-order valence-electron chi connectivity index (χ4n) is 1.86. The summed E-state index contributed by atoms with van der Waals surface area (Å²) >= 11 is 5.69. The highest BCUT2D eigenvalue weighted by molar-refractivity contribution is 6.31. The van der Waals surface area contributed by atoms with E-state index in [1.165, 1.54) is 12.1 Å². The number of ether oxygens (including phenoxy) is 1. The zero-order chi connectivity index (χ0) is 19.8. The number of amides is 1. The third-order valence-electron chi connectivity index (χ3n) is 3.22. The molecule has 2 rings (SSSR count). The second-order valence-corrected chi connectivity index (χ2v) is 5.65. The van der Waals surface area contributed by atoms with Gasteiger partial charge in [0.15, 0.2) is 11.9 Å². The van der Waals surface area contributed by atoms with Crippen molar-refractivity contribution in [1.82, 2.24) is 15.6 Å². The molecule has 27 heavy (non-hydrogen) atoms. The van der Waals surface area contributed by atoms with E-state index in [-0.39, 0.29) is 35.6 Å². The maximum atomic E-state index is 13.2. The molecular weight excluding hydrogens is 385 g/mol. The number of hydrogen-bond acceptors (Lipinski definition) is 8. The summed E-state index contributed by atoms with van der Waals surface area (Å²) in [6.07, 6.45) is -1.10. The van der Waals surface area contributed by atoms with Crippen molar-refractivity contribution < 1.29 is 28.8 Å². The van der Waals surface area contributed by atoms with Crippen LogP contribution in [0, 0.1) is 11.2 Å². The Morgan fingerprint density at radius 2 is 2.22 bits per heavy atom. The predicted molar refractivity (Wildman–Crippen MR) is 92.4 cm³/mol. The van der Waals surface area contributed by atoms with Gasteiger partial charge in [-0.15, -0.1) is 0 Å². The van der Waals surface area contributed by atoms with E-state index in [1.807, 2.05) is 0 Å². The minimum absolute atomic E-state index is 0.00446. The van der Waals surface area contributed by atoms with E-state index < -0.39 is 24.4 Å². The Bertz CT molecular complexity index is 803. The third-order valence-corrected chi connectivity index (χ3v) is 3.51. The number of aliphatic hydroxyl groups is 2. The van der Waals surface area contributed by atoms with Crippen LogP contribution in [0.2, 0.25) is 5.02 Å². The number of carbonyl (C=O) groups excluding carboxylic acids is 1. The molecule has 0 radical (unpaired) electrons. The first-order chi connectivity index (χ1) is 12.9. The smallest absolute Gasteiger partial charge is 0.287 e. The van der Waals surface area contributed by atoms with Gasteiger partial charge in [-0.1, -0.05) is 11.6 Å². The Hall–Kier alpha value is -2.76. The van der Waals surface area contributed by atoms with Crippen LogP contribution in [0.25, 0.3) is 0 Å². The Labute approximate surface area is 157 Å². The first-order valence-corrected chi connectivity index (χ1v) is 8.13. The van der Waals surface area contributed by atoms with Gasteiger partial charge in [-0.05, 0) is 34.9 Å². The molecule has 5 N–H and O–H groups in total. The lowest BCUT2D eigenvalue weighted by Crippen LogP contribution is -2.37. The third kappa shape index (κ3) is 5.88. The summed E-state index contributed by atoms with van der Waals surface area (Å²) in [5, 5.41) is 37.8. The molecule has 1 heterocycles. The average molecular weight is 402 g/mol. The van der Waals surface area contributed by atoms with Gasteiger partial charge in [0.05, 0.1) is 18.2 Å². The Balaban J connectivity index is 1.83. The van der Waals surface area contributed by atoms with E-state index in [9.17, 15) is 9.18 Å². The molecule has 0 saturated heterocycles. The molecule has 1 atom stereocenters. The summed E-state index contributed by atoms with van der Waals surface area (Å²) in [4.78, 5) is 11.3. The van der Waals surface area contributed by atoms with Crippen molar-refractivity contribution in [2.24, 2.45) is 0 Å². The van der Waals surface area contributed by atoms with Crippen LogP contribution >= 0.6 is 11.6 Å². The van der Waals surface area contributed by atoms with E-state index in [1.54, 1.807) is 0 Å². The maximum Gasteiger partial charge on any atom is 0.287 e. The normalized spacial score (nSPS) is 11.7. The summed E-state index contributed by atoms with van der Waals surface area (Å²) in [5.41, 5.74) is 0.362. The molecule has 10 nitrogen and oxygen atoms in total. The Morgan fingerprint density at radius 1 is 1.44 bits per heavy atom. The molecule has 0 bridgehead atoms. The lowest BCUT2D eigenvalue weighted by Gasteiger charge is -2.09. The standard InChI is InChI=1S/C15H17ClFN5O5/c16-9-6-8(2-3-10(9)17)20-13(18)12-15(22-27-21-12)26-5-1-4-19-14(25)11(24)7-23/h2-3,6,11,23-24H,1,4-5,7H2,(H2,18,20)(H,19,25). The van der Waals surface area contributed by atoms with Crippen molar-refractivity contribution in [3.05, 3.63) is 34.7 Å². The number of rotatable bonds is 9. The number of halogens is 2. The van der Waals surface area contributed by atoms with Gasteiger partial charge in [-0.25, -0.2) is 9.02 Å². The zero-order valence-corrected chi connectivity index (χ0v) is 14.7. The van der Waals surface area contributed by atoms with E-state index in [2.05, 4.69) is 25.6 Å². The molecule has 2 aromatic rings. The van der Waals surface area contributed by atoms with Gasteiger partial charge < -0.3 is 25.6 Å². The topological polar surface area (TPSA) is 154 Å². The van der Waals surface area contributed by atoms with Gasteiger partial charge in [0.25, 0.3) is 11.8 Å². The first kappa shape index (κ1) is 20.6. The summed E-state index contributed by atoms with van der Waals surface area (Å²) < 4.78 is 23.1. The number of carbonyl (C=O) groups is 1. The highest BCUT2D eigenvalue weighted by Crippen LogP contribution is 2.21. The zero-order valence-electron chi connectivity index (χ0n) is 13.9. The van der Waals surface area contributed by atoms with Crippen LogP contribution in [0.5, 0.6) is 5.88 Å². The number of aliphatic hydroxyl groups excluding tert-OH is 2. The molecule has 0 fully saturated rings. The minimum Gasteiger partial charge on any atom is -0.474 e. The van der Waals surface area contributed by atoms with Crippen molar-refractivity contribution >= 4 is 29.0 Å². The number of nitrogens with one attached hydrogen (secondary N) is 3. The molecule has 12 heteroatoms. The van der Waals surface area contributed by atoms with Crippen LogP contribution in [0.15, 0.2) is 22.8 Å². The monoisotopic (exact) mass is 401 g/mol. The molecule has 0 saturated carbocycles. The maximum absolute atomic E-state index is 13.2. The molecule has 1 aromatic heterocycles. The minimum atomic E-state index is -1.47. The number of benzene rings is 1. The van der Waals surface area contributed by atoms with Crippen LogP contribution in [0.3, 0.4) is 0 Å². The van der Waals surface area contributed by atoms with Crippen molar-refractivity contribution in [2.45, 2.75) is 12.5 Å². The second kappa shape index (κ2) is 9.80. The van der Waals surface area contributed by atoms with Gasteiger partial charge in [0, 0.05) is 12.2 Å². The van der Waals surface area contributed by atoms with Crippen molar-refractivity contribution in [1.29, 1.82) is 5.41 Å². The van der Waals surface area contributed by atoms with Crippen molar-refractivity contribution in [2.75, 3.05) is 25.1 Å². The lowest BCUT2D eigenvalue weighted by atomic mass is 10.3. The first-order valence-electron chi connectivity index (χ1n) is 7.75. The van der Waals surface area contributed by atoms with Crippen LogP contribution in [-0.2, 0) is 4.79 Å². The van der Waals surface area contributed by atoms with Gasteiger partial charge in [-0.3, -0.25) is 10.2 Å². The number of hydrogen-bond donors (Lipinski definition) is 5. The highest BCUT2D eigenvalue weighted by Gasteiger charge is 2.17. The molecule has 0 spiro atoms. The number of aromatic nitrogens is 2. The van der Waals surface area contributed by atoms with Crippen LogP contribution in [0.4, 0.5) is 10.1 Å². The Morgan fingerprint density at radius 3 is 2.93 bits per heavy atom. The summed E-state index contributed by atoms with van der Waals surface area (Å²) in [5.74, 6) is -1.51. The fourth-order valence-corrected chi connectivity index (χ4v) is 2.04. The van der Waals surface area contributed by atoms with E-state index in [0.717, 1.165) is 6.07 Å². The van der Waals surface area contributed by atoms with E-state index in [0.29, 0.717) is 12.1 Å². The van der Waals surface area contributed by atoms with Crippen molar-refractivity contribution in [3.8, 4) is 5.88 Å². The van der Waals surface area contributed by atoms with Crippen molar-refractivity contribution in [3.63, 3.8) is 0 Å². The molecule has 146 valence electrons. The van der Waals surface area contributed by atoms with Gasteiger partial charge in [0.2, 0.25) is 5.69 Å². The number of amidine groups is 1. The second-order valence-electron chi connectivity index (χ2n) is 5.24.